The molecule has 1 aliphatic rings. The van der Waals surface area contributed by atoms with Gasteiger partial charge >= 0.3 is 0 Å². The number of nitrogens with zero attached hydrogens (tertiary/aromatic N) is 4. The molecule has 1 aliphatic heterocycles. The highest BCUT2D eigenvalue weighted by Crippen LogP contribution is 2.37. The van der Waals surface area contributed by atoms with Gasteiger partial charge in [0.25, 0.3) is 11.2 Å². The van der Waals surface area contributed by atoms with Gasteiger partial charge in [0.15, 0.2) is 11.5 Å². The molecule has 2 heterocycles. The summed E-state index contributed by atoms with van der Waals surface area (Å²) in [6, 6.07) is 9.64. The molecule has 3 aromatic rings. The van der Waals surface area contributed by atoms with Crippen LogP contribution >= 0.6 is 0 Å². The van der Waals surface area contributed by atoms with Crippen molar-refractivity contribution in [3.8, 4) is 11.5 Å². The summed E-state index contributed by atoms with van der Waals surface area (Å²) < 4.78 is 11.5. The zero-order valence-electron chi connectivity index (χ0n) is 13.6. The van der Waals surface area contributed by atoms with Gasteiger partial charge in [0.05, 0.1) is 33.7 Å². The monoisotopic (exact) mass is 352 g/mol. The number of para-hydroxylation sites is 1. The van der Waals surface area contributed by atoms with Gasteiger partial charge in [-0.05, 0) is 25.1 Å². The molecule has 0 fully saturated rings. The molecule has 4 rings (SSSR count). The van der Waals surface area contributed by atoms with Crippen LogP contribution in [0.2, 0.25) is 0 Å². The first-order valence-corrected chi connectivity index (χ1v) is 7.65. The van der Waals surface area contributed by atoms with Crippen LogP contribution in [-0.2, 0) is 0 Å². The Morgan fingerprint density at radius 1 is 1.27 bits per heavy atom. The van der Waals surface area contributed by atoms with E-state index in [4.69, 9.17) is 9.47 Å². The molecule has 0 aliphatic carbocycles. The van der Waals surface area contributed by atoms with Gasteiger partial charge in [-0.1, -0.05) is 12.1 Å². The second-order valence-corrected chi connectivity index (χ2v) is 5.56. The van der Waals surface area contributed by atoms with E-state index in [0.717, 1.165) is 4.68 Å². The second kappa shape index (κ2) is 5.96. The number of nitro groups is 1. The van der Waals surface area contributed by atoms with Crippen LogP contribution in [0.4, 0.5) is 5.69 Å². The molecule has 2 aromatic carbocycles. The Morgan fingerprint density at radius 2 is 2.00 bits per heavy atom. The number of aryl methyl sites for hydroxylation is 1. The van der Waals surface area contributed by atoms with Crippen LogP contribution in [0.3, 0.4) is 0 Å². The Morgan fingerprint density at radius 3 is 2.77 bits per heavy atom. The van der Waals surface area contributed by atoms with Crippen molar-refractivity contribution in [1.29, 1.82) is 0 Å². The Balaban J connectivity index is 1.83. The number of ether oxygens (including phenoxy) is 2. The topological polar surface area (TPSA) is 109 Å². The molecule has 9 nitrogen and oxygen atoms in total. The summed E-state index contributed by atoms with van der Waals surface area (Å²) >= 11 is 0. The SMILES string of the molecule is Cc1nc2ccccc2c(=O)n1/N=C/c1cc2c(cc1[N+](=O)[O-])OCO2. The number of nitro benzene ring substituents is 1. The quantitative estimate of drug-likeness (QED) is 0.406. The van der Waals surface area contributed by atoms with E-state index in [1.54, 1.807) is 31.2 Å². The standard InChI is InChI=1S/C17H12N4O5/c1-10-19-13-5-3-2-4-12(13)17(22)20(10)18-8-11-6-15-16(26-9-25-15)7-14(11)21(23)24/h2-8H,9H2,1H3/b18-8+. The smallest absolute Gasteiger partial charge is 0.282 e. The Labute approximate surface area is 146 Å². The summed E-state index contributed by atoms with van der Waals surface area (Å²) in [5.41, 5.74) is 0.208. The van der Waals surface area contributed by atoms with Crippen molar-refractivity contribution in [2.24, 2.45) is 5.10 Å². The predicted molar refractivity (Wildman–Crippen MR) is 93.0 cm³/mol. The van der Waals surface area contributed by atoms with Crippen LogP contribution in [0.1, 0.15) is 11.4 Å². The van der Waals surface area contributed by atoms with Crippen LogP contribution in [0, 0.1) is 17.0 Å². The molecule has 0 atom stereocenters. The Bertz CT molecular complexity index is 1140. The van der Waals surface area contributed by atoms with E-state index < -0.39 is 4.92 Å². The van der Waals surface area contributed by atoms with Gasteiger partial charge in [-0.2, -0.15) is 9.78 Å². The lowest BCUT2D eigenvalue weighted by Gasteiger charge is -2.05. The van der Waals surface area contributed by atoms with Crippen molar-refractivity contribution in [2.45, 2.75) is 6.92 Å². The molecule has 0 amide bonds. The first kappa shape index (κ1) is 15.8. The van der Waals surface area contributed by atoms with Crippen molar-refractivity contribution in [3.05, 3.63) is 68.3 Å². The molecule has 0 bridgehead atoms. The minimum atomic E-state index is -0.544. The number of rotatable bonds is 3. The Kier molecular flexibility index (Phi) is 3.61. The molecule has 0 saturated carbocycles. The summed E-state index contributed by atoms with van der Waals surface area (Å²) in [5.74, 6) is 1.06. The van der Waals surface area contributed by atoms with Crippen LogP contribution in [0.25, 0.3) is 10.9 Å². The number of aromatic nitrogens is 2. The maximum absolute atomic E-state index is 12.6. The molecule has 0 N–H and O–H groups in total. The summed E-state index contributed by atoms with van der Waals surface area (Å²) in [7, 11) is 0. The van der Waals surface area contributed by atoms with Crippen molar-refractivity contribution >= 4 is 22.8 Å². The highest BCUT2D eigenvalue weighted by molar-refractivity contribution is 5.87. The summed E-state index contributed by atoms with van der Waals surface area (Å²) in [4.78, 5) is 27.7. The minimum absolute atomic E-state index is 0.000243. The van der Waals surface area contributed by atoms with Crippen molar-refractivity contribution in [3.63, 3.8) is 0 Å². The molecular weight excluding hydrogens is 340 g/mol. The number of hydrogen-bond acceptors (Lipinski definition) is 7. The fourth-order valence-corrected chi connectivity index (χ4v) is 2.70. The van der Waals surface area contributed by atoms with Gasteiger partial charge in [0, 0.05) is 0 Å². The molecule has 26 heavy (non-hydrogen) atoms. The average Bonchev–Trinajstić information content (AvgIpc) is 3.08. The zero-order chi connectivity index (χ0) is 18.3. The van der Waals surface area contributed by atoms with Gasteiger partial charge in [0.2, 0.25) is 6.79 Å². The van der Waals surface area contributed by atoms with Gasteiger partial charge in [-0.15, -0.1) is 0 Å². The van der Waals surface area contributed by atoms with Crippen LogP contribution < -0.4 is 15.0 Å². The number of benzene rings is 2. The Hall–Kier alpha value is -3.75. The fraction of sp³-hybridized carbons (Fsp3) is 0.118. The second-order valence-electron chi connectivity index (χ2n) is 5.56. The molecule has 0 saturated heterocycles. The first-order chi connectivity index (χ1) is 12.5. The third-order valence-electron chi connectivity index (χ3n) is 3.95. The lowest BCUT2D eigenvalue weighted by Crippen LogP contribution is -2.20. The van der Waals surface area contributed by atoms with Crippen LogP contribution in [0.15, 0.2) is 46.3 Å². The van der Waals surface area contributed by atoms with Crippen LogP contribution in [-0.4, -0.2) is 27.6 Å². The van der Waals surface area contributed by atoms with Gasteiger partial charge < -0.3 is 9.47 Å². The molecule has 0 unspecified atom stereocenters. The summed E-state index contributed by atoms with van der Waals surface area (Å²) in [6.45, 7) is 1.64. The number of fused-ring (bicyclic) bond motifs is 2. The maximum atomic E-state index is 12.6. The molecule has 130 valence electrons. The largest absolute Gasteiger partial charge is 0.454 e. The first-order valence-electron chi connectivity index (χ1n) is 7.65. The normalized spacial score (nSPS) is 12.8. The van der Waals surface area contributed by atoms with Crippen molar-refractivity contribution < 1.29 is 14.4 Å². The van der Waals surface area contributed by atoms with Gasteiger partial charge in [-0.3, -0.25) is 14.9 Å². The average molecular weight is 352 g/mol. The van der Waals surface area contributed by atoms with E-state index in [0.29, 0.717) is 28.2 Å². The highest BCUT2D eigenvalue weighted by Gasteiger charge is 2.22. The van der Waals surface area contributed by atoms with E-state index in [-0.39, 0.29) is 23.6 Å². The van der Waals surface area contributed by atoms with E-state index in [2.05, 4.69) is 10.1 Å². The third-order valence-corrected chi connectivity index (χ3v) is 3.95. The molecule has 1 aromatic heterocycles. The molecule has 0 radical (unpaired) electrons. The van der Waals surface area contributed by atoms with E-state index in [1.807, 2.05) is 0 Å². The molecule has 9 heteroatoms. The number of hydrogen-bond donors (Lipinski definition) is 0. The van der Waals surface area contributed by atoms with Gasteiger partial charge in [0.1, 0.15) is 5.82 Å². The lowest BCUT2D eigenvalue weighted by molar-refractivity contribution is -0.385. The van der Waals surface area contributed by atoms with E-state index in [9.17, 15) is 14.9 Å². The lowest BCUT2D eigenvalue weighted by atomic mass is 10.1. The zero-order valence-corrected chi connectivity index (χ0v) is 13.6. The molecular formula is C17H12N4O5. The van der Waals surface area contributed by atoms with E-state index >= 15 is 0 Å². The fourth-order valence-electron chi connectivity index (χ4n) is 2.70. The van der Waals surface area contributed by atoms with Crippen molar-refractivity contribution in [2.75, 3.05) is 6.79 Å². The molecule has 0 spiro atoms. The highest BCUT2D eigenvalue weighted by atomic mass is 16.7. The minimum Gasteiger partial charge on any atom is -0.454 e. The predicted octanol–water partition coefficient (Wildman–Crippen LogP) is 2.22. The maximum Gasteiger partial charge on any atom is 0.282 e. The van der Waals surface area contributed by atoms with Gasteiger partial charge in [-0.25, -0.2) is 4.98 Å². The summed E-state index contributed by atoms with van der Waals surface area (Å²) in [6.07, 6.45) is 1.24. The summed E-state index contributed by atoms with van der Waals surface area (Å²) in [5, 5.41) is 15.8. The third kappa shape index (κ3) is 2.55. The van der Waals surface area contributed by atoms with Crippen molar-refractivity contribution in [1.82, 2.24) is 9.66 Å². The van der Waals surface area contributed by atoms with Crippen LogP contribution in [0.5, 0.6) is 11.5 Å². The van der Waals surface area contributed by atoms with E-state index in [1.165, 1.54) is 18.3 Å².